The van der Waals surface area contributed by atoms with Crippen LogP contribution in [-0.4, -0.2) is 23.2 Å². The van der Waals surface area contributed by atoms with Gasteiger partial charge in [-0.2, -0.15) is 0 Å². The summed E-state index contributed by atoms with van der Waals surface area (Å²) in [5.41, 5.74) is 0.311. The van der Waals surface area contributed by atoms with Crippen molar-refractivity contribution >= 4 is 28.7 Å². The van der Waals surface area contributed by atoms with Gasteiger partial charge < -0.3 is 15.4 Å². The first-order chi connectivity index (χ1) is 9.60. The molecule has 0 radical (unpaired) electrons. The highest BCUT2D eigenvalue weighted by Crippen LogP contribution is 2.29. The predicted octanol–water partition coefficient (Wildman–Crippen LogP) is 2.83. The van der Waals surface area contributed by atoms with Gasteiger partial charge in [-0.3, -0.25) is 10.1 Å². The number of nitrogens with zero attached hydrogens (tertiary/aromatic N) is 1. The van der Waals surface area contributed by atoms with Crippen molar-refractivity contribution in [2.75, 3.05) is 12.4 Å². The Balaban J connectivity index is 2.07. The summed E-state index contributed by atoms with van der Waals surface area (Å²) in [6, 6.07) is 5.00. The van der Waals surface area contributed by atoms with Crippen LogP contribution in [0.4, 0.5) is 11.4 Å². The van der Waals surface area contributed by atoms with Crippen molar-refractivity contribution in [3.05, 3.63) is 28.3 Å². The van der Waals surface area contributed by atoms with E-state index < -0.39 is 4.92 Å². The van der Waals surface area contributed by atoms with Crippen LogP contribution < -0.4 is 15.4 Å². The van der Waals surface area contributed by atoms with E-state index in [9.17, 15) is 10.1 Å². The molecule has 20 heavy (non-hydrogen) atoms. The second-order valence-electron chi connectivity index (χ2n) is 4.72. The molecule has 0 spiro atoms. The van der Waals surface area contributed by atoms with Crippen molar-refractivity contribution in [2.24, 2.45) is 0 Å². The van der Waals surface area contributed by atoms with E-state index in [1.54, 1.807) is 12.1 Å². The highest BCUT2D eigenvalue weighted by molar-refractivity contribution is 7.80. The molecule has 0 aliphatic heterocycles. The maximum Gasteiger partial charge on any atom is 0.296 e. The molecule has 1 saturated carbocycles. The van der Waals surface area contributed by atoms with Crippen LogP contribution in [0.15, 0.2) is 18.2 Å². The minimum Gasteiger partial charge on any atom is -0.496 e. The van der Waals surface area contributed by atoms with Crippen molar-refractivity contribution in [3.8, 4) is 5.75 Å². The van der Waals surface area contributed by atoms with Crippen LogP contribution in [-0.2, 0) is 0 Å². The quantitative estimate of drug-likeness (QED) is 0.505. The van der Waals surface area contributed by atoms with Gasteiger partial charge in [-0.15, -0.1) is 0 Å². The van der Waals surface area contributed by atoms with Gasteiger partial charge in [0.05, 0.1) is 18.1 Å². The van der Waals surface area contributed by atoms with Crippen molar-refractivity contribution in [1.82, 2.24) is 5.32 Å². The van der Waals surface area contributed by atoms with E-state index in [4.69, 9.17) is 17.0 Å². The third-order valence-corrected chi connectivity index (χ3v) is 3.56. The zero-order chi connectivity index (χ0) is 14.5. The number of ether oxygens (including phenoxy) is 1. The molecule has 0 heterocycles. The number of hydrogen-bond acceptors (Lipinski definition) is 4. The molecule has 7 heteroatoms. The molecule has 0 bridgehead atoms. The second-order valence-corrected chi connectivity index (χ2v) is 5.13. The summed E-state index contributed by atoms with van der Waals surface area (Å²) in [6.07, 6.45) is 4.57. The largest absolute Gasteiger partial charge is 0.496 e. The van der Waals surface area contributed by atoms with Gasteiger partial charge >= 0.3 is 0 Å². The predicted molar refractivity (Wildman–Crippen MR) is 81.3 cm³/mol. The maximum absolute atomic E-state index is 11.1. The standard InChI is InChI=1S/C13H17N3O3S/c1-19-10-6-7-11(12(8-10)16(17)18)15-13(20)14-9-4-2-3-5-9/h6-9H,2-5H2,1H3,(H2,14,15,20). The van der Waals surface area contributed by atoms with Gasteiger partial charge in [0.25, 0.3) is 5.69 Å². The number of methoxy groups -OCH3 is 1. The van der Waals surface area contributed by atoms with Crippen LogP contribution in [0.5, 0.6) is 5.75 Å². The van der Waals surface area contributed by atoms with E-state index >= 15 is 0 Å². The summed E-state index contributed by atoms with van der Waals surface area (Å²) in [7, 11) is 1.47. The topological polar surface area (TPSA) is 76.4 Å². The number of rotatable bonds is 4. The lowest BCUT2D eigenvalue weighted by atomic mass is 10.2. The third-order valence-electron chi connectivity index (χ3n) is 3.34. The van der Waals surface area contributed by atoms with E-state index in [-0.39, 0.29) is 5.69 Å². The Bertz CT molecular complexity index is 516. The Kier molecular flexibility index (Phi) is 4.73. The molecule has 0 atom stereocenters. The molecule has 0 unspecified atom stereocenters. The van der Waals surface area contributed by atoms with Crippen molar-refractivity contribution in [3.63, 3.8) is 0 Å². The summed E-state index contributed by atoms with van der Waals surface area (Å²) < 4.78 is 4.99. The molecule has 6 nitrogen and oxygen atoms in total. The molecular formula is C13H17N3O3S. The molecule has 0 saturated heterocycles. The average molecular weight is 295 g/mol. The lowest BCUT2D eigenvalue weighted by molar-refractivity contribution is -0.384. The Morgan fingerprint density at radius 3 is 2.75 bits per heavy atom. The van der Waals surface area contributed by atoms with Gasteiger partial charge in [-0.05, 0) is 37.2 Å². The van der Waals surface area contributed by atoms with Crippen molar-refractivity contribution in [2.45, 2.75) is 31.7 Å². The normalized spacial score (nSPS) is 14.8. The minimum atomic E-state index is -0.455. The summed E-state index contributed by atoms with van der Waals surface area (Å²) >= 11 is 5.20. The van der Waals surface area contributed by atoms with E-state index in [1.165, 1.54) is 26.0 Å². The van der Waals surface area contributed by atoms with E-state index in [0.29, 0.717) is 22.6 Å². The van der Waals surface area contributed by atoms with Gasteiger partial charge in [0.1, 0.15) is 11.4 Å². The molecule has 1 fully saturated rings. The molecule has 1 aromatic carbocycles. The van der Waals surface area contributed by atoms with Crippen LogP contribution in [0.1, 0.15) is 25.7 Å². The minimum absolute atomic E-state index is 0.0556. The van der Waals surface area contributed by atoms with Crippen LogP contribution in [0.25, 0.3) is 0 Å². The summed E-state index contributed by atoms with van der Waals surface area (Å²) in [6.45, 7) is 0. The van der Waals surface area contributed by atoms with Crippen molar-refractivity contribution in [1.29, 1.82) is 0 Å². The zero-order valence-electron chi connectivity index (χ0n) is 11.2. The van der Waals surface area contributed by atoms with E-state index in [2.05, 4.69) is 10.6 Å². The smallest absolute Gasteiger partial charge is 0.296 e. The molecule has 0 amide bonds. The number of nitro groups is 1. The number of nitrogens with one attached hydrogen (secondary N) is 2. The third kappa shape index (κ3) is 3.57. The number of hydrogen-bond donors (Lipinski definition) is 2. The fraction of sp³-hybridized carbons (Fsp3) is 0.462. The molecular weight excluding hydrogens is 278 g/mol. The fourth-order valence-corrected chi connectivity index (χ4v) is 2.59. The van der Waals surface area contributed by atoms with Gasteiger partial charge in [-0.25, -0.2) is 0 Å². The van der Waals surface area contributed by atoms with Crippen LogP contribution >= 0.6 is 12.2 Å². The van der Waals surface area contributed by atoms with Gasteiger partial charge in [-0.1, -0.05) is 12.8 Å². The van der Waals surface area contributed by atoms with Crippen molar-refractivity contribution < 1.29 is 9.66 Å². The van der Waals surface area contributed by atoms with Gasteiger partial charge in [0.15, 0.2) is 5.11 Å². The Morgan fingerprint density at radius 2 is 2.15 bits per heavy atom. The van der Waals surface area contributed by atoms with Gasteiger partial charge in [0.2, 0.25) is 0 Å². The Morgan fingerprint density at radius 1 is 1.45 bits per heavy atom. The van der Waals surface area contributed by atoms with E-state index in [0.717, 1.165) is 12.8 Å². The second kappa shape index (κ2) is 6.51. The zero-order valence-corrected chi connectivity index (χ0v) is 12.0. The summed E-state index contributed by atoms with van der Waals surface area (Å²) in [4.78, 5) is 10.6. The first-order valence-electron chi connectivity index (χ1n) is 6.50. The monoisotopic (exact) mass is 295 g/mol. The van der Waals surface area contributed by atoms with Gasteiger partial charge in [0, 0.05) is 6.04 Å². The fourth-order valence-electron chi connectivity index (χ4n) is 2.31. The number of nitro benzene ring substituents is 1. The lowest BCUT2D eigenvalue weighted by Crippen LogP contribution is -2.36. The molecule has 2 rings (SSSR count). The molecule has 1 aliphatic carbocycles. The van der Waals surface area contributed by atoms with Crippen LogP contribution in [0, 0.1) is 10.1 Å². The maximum atomic E-state index is 11.1. The van der Waals surface area contributed by atoms with E-state index in [1.807, 2.05) is 0 Å². The molecule has 1 aromatic rings. The molecule has 0 aromatic heterocycles. The number of anilines is 1. The Hall–Kier alpha value is -1.89. The van der Waals surface area contributed by atoms with Crippen LogP contribution in [0.3, 0.4) is 0 Å². The summed E-state index contributed by atoms with van der Waals surface area (Å²) in [5.74, 6) is 0.442. The average Bonchev–Trinajstić information content (AvgIpc) is 2.91. The Labute approximate surface area is 122 Å². The lowest BCUT2D eigenvalue weighted by Gasteiger charge is -2.15. The highest BCUT2D eigenvalue weighted by atomic mass is 32.1. The first-order valence-corrected chi connectivity index (χ1v) is 6.91. The molecule has 2 N–H and O–H groups in total. The number of thiocarbonyl (C=S) groups is 1. The SMILES string of the molecule is COc1ccc(NC(=S)NC2CCCC2)c([N+](=O)[O-])c1. The first kappa shape index (κ1) is 14.5. The molecule has 1 aliphatic rings. The molecule has 108 valence electrons. The summed E-state index contributed by atoms with van der Waals surface area (Å²) in [5, 5.41) is 17.6. The van der Waals surface area contributed by atoms with Crippen LogP contribution in [0.2, 0.25) is 0 Å². The highest BCUT2D eigenvalue weighted by Gasteiger charge is 2.19. The number of benzene rings is 1.